The molecule has 0 aliphatic rings. The molecule has 5 nitrogen and oxygen atoms in total. The van der Waals surface area contributed by atoms with Crippen LogP contribution >= 0.6 is 0 Å². The molecule has 0 aromatic rings. The molecule has 0 bridgehead atoms. The third-order valence-electron chi connectivity index (χ3n) is 2.16. The minimum Gasteiger partial charge on any atom is -0.355 e. The number of nitrogens with one attached hydrogen (secondary N) is 3. The van der Waals surface area contributed by atoms with Gasteiger partial charge in [0, 0.05) is 13.1 Å². The Morgan fingerprint density at radius 3 is 2.38 bits per heavy atom. The molecule has 3 N–H and O–H groups in total. The normalized spacial score (nSPS) is 11.7. The summed E-state index contributed by atoms with van der Waals surface area (Å²) in [5.41, 5.74) is 0. The zero-order valence-corrected chi connectivity index (χ0v) is 10.4. The summed E-state index contributed by atoms with van der Waals surface area (Å²) >= 11 is 0. The van der Waals surface area contributed by atoms with Gasteiger partial charge in [-0.3, -0.25) is 4.79 Å². The van der Waals surface area contributed by atoms with Gasteiger partial charge >= 0.3 is 6.03 Å². The Kier molecular flexibility index (Phi) is 8.29. The number of carbonyl (C=O) groups is 2. The maximum absolute atomic E-state index is 11.3. The van der Waals surface area contributed by atoms with E-state index in [0.717, 1.165) is 19.3 Å². The van der Waals surface area contributed by atoms with E-state index in [0.29, 0.717) is 13.1 Å². The summed E-state index contributed by atoms with van der Waals surface area (Å²) in [4.78, 5) is 22.6. The van der Waals surface area contributed by atoms with Gasteiger partial charge in [0.2, 0.25) is 5.91 Å². The number of likely N-dealkylation sites (N-methyl/N-ethyl adjacent to an activating group) is 1. The van der Waals surface area contributed by atoms with Crippen molar-refractivity contribution in [1.29, 1.82) is 0 Å². The summed E-state index contributed by atoms with van der Waals surface area (Å²) in [6.45, 7) is 6.84. The fourth-order valence-electron chi connectivity index (χ4n) is 1.22. The molecular formula is C11H23N3O2. The molecule has 3 amide bonds. The van der Waals surface area contributed by atoms with Crippen LogP contribution in [0.2, 0.25) is 0 Å². The second kappa shape index (κ2) is 9.00. The van der Waals surface area contributed by atoms with Gasteiger partial charge in [-0.15, -0.1) is 0 Å². The van der Waals surface area contributed by atoms with Gasteiger partial charge in [0.15, 0.2) is 0 Å². The molecule has 0 aromatic carbocycles. The zero-order chi connectivity index (χ0) is 12.4. The van der Waals surface area contributed by atoms with E-state index in [2.05, 4.69) is 22.9 Å². The fourth-order valence-corrected chi connectivity index (χ4v) is 1.22. The van der Waals surface area contributed by atoms with E-state index in [9.17, 15) is 9.59 Å². The van der Waals surface area contributed by atoms with E-state index in [-0.39, 0.29) is 11.9 Å². The van der Waals surface area contributed by atoms with E-state index < -0.39 is 6.04 Å². The van der Waals surface area contributed by atoms with Gasteiger partial charge in [-0.2, -0.15) is 0 Å². The number of unbranched alkanes of at least 4 members (excludes halogenated alkanes) is 2. The monoisotopic (exact) mass is 229 g/mol. The minimum absolute atomic E-state index is 0.161. The Balaban J connectivity index is 3.65. The van der Waals surface area contributed by atoms with E-state index in [1.54, 1.807) is 6.92 Å². The van der Waals surface area contributed by atoms with Gasteiger partial charge < -0.3 is 16.0 Å². The molecule has 0 fully saturated rings. The smallest absolute Gasteiger partial charge is 0.315 e. The zero-order valence-electron chi connectivity index (χ0n) is 10.4. The second-order valence-corrected chi connectivity index (χ2v) is 3.72. The van der Waals surface area contributed by atoms with Crippen molar-refractivity contribution in [3.05, 3.63) is 0 Å². The van der Waals surface area contributed by atoms with Crippen LogP contribution in [0.3, 0.4) is 0 Å². The number of hydrogen-bond donors (Lipinski definition) is 3. The largest absolute Gasteiger partial charge is 0.355 e. The predicted molar refractivity (Wildman–Crippen MR) is 64.2 cm³/mol. The molecule has 0 aliphatic carbocycles. The molecule has 1 unspecified atom stereocenters. The number of amides is 3. The van der Waals surface area contributed by atoms with Gasteiger partial charge in [0.25, 0.3) is 0 Å². The highest BCUT2D eigenvalue weighted by Crippen LogP contribution is 1.91. The third kappa shape index (κ3) is 7.09. The van der Waals surface area contributed by atoms with Gasteiger partial charge in [-0.1, -0.05) is 19.8 Å². The topological polar surface area (TPSA) is 70.2 Å². The maximum Gasteiger partial charge on any atom is 0.315 e. The van der Waals surface area contributed by atoms with Crippen LogP contribution in [0.1, 0.15) is 40.0 Å². The van der Waals surface area contributed by atoms with Crippen molar-refractivity contribution >= 4 is 11.9 Å². The molecular weight excluding hydrogens is 206 g/mol. The van der Waals surface area contributed by atoms with Crippen LogP contribution in [0.15, 0.2) is 0 Å². The summed E-state index contributed by atoms with van der Waals surface area (Å²) in [6, 6.07) is -0.777. The number of rotatable bonds is 7. The SMILES string of the molecule is CCCCCNC(=O)NC(C)C(=O)NCC. The lowest BCUT2D eigenvalue weighted by molar-refractivity contribution is -0.122. The molecule has 0 aliphatic heterocycles. The Morgan fingerprint density at radius 1 is 1.12 bits per heavy atom. The summed E-state index contributed by atoms with van der Waals surface area (Å²) in [5, 5.41) is 7.94. The number of carbonyl (C=O) groups excluding carboxylic acids is 2. The first-order valence-corrected chi connectivity index (χ1v) is 5.93. The Labute approximate surface area is 97.4 Å². The Hall–Kier alpha value is -1.26. The minimum atomic E-state index is -0.494. The summed E-state index contributed by atoms with van der Waals surface area (Å²) < 4.78 is 0. The van der Waals surface area contributed by atoms with Crippen LogP contribution in [-0.4, -0.2) is 31.1 Å². The van der Waals surface area contributed by atoms with E-state index in [4.69, 9.17) is 0 Å². The first-order chi connectivity index (χ1) is 7.61. The van der Waals surface area contributed by atoms with Crippen molar-refractivity contribution in [3.8, 4) is 0 Å². The molecule has 16 heavy (non-hydrogen) atoms. The van der Waals surface area contributed by atoms with Crippen molar-refractivity contribution in [2.75, 3.05) is 13.1 Å². The first kappa shape index (κ1) is 14.7. The predicted octanol–water partition coefficient (Wildman–Crippen LogP) is 1.00. The number of urea groups is 1. The Morgan fingerprint density at radius 2 is 1.81 bits per heavy atom. The Bertz CT molecular complexity index is 219. The van der Waals surface area contributed by atoms with Crippen LogP contribution in [0, 0.1) is 0 Å². The third-order valence-corrected chi connectivity index (χ3v) is 2.16. The standard InChI is InChI=1S/C11H23N3O2/c1-4-6-7-8-13-11(16)14-9(3)10(15)12-5-2/h9H,4-8H2,1-3H3,(H,12,15)(H2,13,14,16). The molecule has 0 saturated heterocycles. The summed E-state index contributed by atoms with van der Waals surface area (Å²) in [7, 11) is 0. The quantitative estimate of drug-likeness (QED) is 0.570. The fraction of sp³-hybridized carbons (Fsp3) is 0.818. The summed E-state index contributed by atoms with van der Waals surface area (Å²) in [6.07, 6.45) is 3.20. The molecule has 0 rings (SSSR count). The van der Waals surface area contributed by atoms with Gasteiger partial charge in [-0.05, 0) is 20.3 Å². The van der Waals surface area contributed by atoms with Crippen molar-refractivity contribution in [3.63, 3.8) is 0 Å². The highest BCUT2D eigenvalue weighted by atomic mass is 16.2. The van der Waals surface area contributed by atoms with Crippen molar-refractivity contribution in [1.82, 2.24) is 16.0 Å². The van der Waals surface area contributed by atoms with Crippen molar-refractivity contribution < 1.29 is 9.59 Å². The van der Waals surface area contributed by atoms with Gasteiger partial charge in [0.05, 0.1) is 0 Å². The van der Waals surface area contributed by atoms with Crippen LogP contribution in [-0.2, 0) is 4.79 Å². The summed E-state index contributed by atoms with van der Waals surface area (Å²) in [5.74, 6) is -0.161. The van der Waals surface area contributed by atoms with Crippen LogP contribution in [0.25, 0.3) is 0 Å². The first-order valence-electron chi connectivity index (χ1n) is 5.93. The van der Waals surface area contributed by atoms with Crippen LogP contribution < -0.4 is 16.0 Å². The molecule has 0 heterocycles. The number of hydrogen-bond acceptors (Lipinski definition) is 2. The molecule has 0 aromatic heterocycles. The molecule has 0 spiro atoms. The average molecular weight is 229 g/mol. The van der Waals surface area contributed by atoms with Gasteiger partial charge in [-0.25, -0.2) is 4.79 Å². The maximum atomic E-state index is 11.3. The van der Waals surface area contributed by atoms with Crippen molar-refractivity contribution in [2.45, 2.75) is 46.1 Å². The van der Waals surface area contributed by atoms with Gasteiger partial charge in [0.1, 0.15) is 6.04 Å². The molecule has 5 heteroatoms. The molecule has 94 valence electrons. The molecule has 0 saturated carbocycles. The van der Waals surface area contributed by atoms with E-state index in [1.165, 1.54) is 0 Å². The highest BCUT2D eigenvalue weighted by Gasteiger charge is 2.13. The second-order valence-electron chi connectivity index (χ2n) is 3.72. The van der Waals surface area contributed by atoms with Crippen LogP contribution in [0.5, 0.6) is 0 Å². The molecule has 1 atom stereocenters. The lowest BCUT2D eigenvalue weighted by atomic mass is 10.2. The lowest BCUT2D eigenvalue weighted by Gasteiger charge is -2.13. The average Bonchev–Trinajstić information content (AvgIpc) is 2.24. The van der Waals surface area contributed by atoms with E-state index >= 15 is 0 Å². The van der Waals surface area contributed by atoms with E-state index in [1.807, 2.05) is 6.92 Å². The van der Waals surface area contributed by atoms with Crippen LogP contribution in [0.4, 0.5) is 4.79 Å². The van der Waals surface area contributed by atoms with Crippen molar-refractivity contribution in [2.24, 2.45) is 0 Å². The molecule has 0 radical (unpaired) electrons. The highest BCUT2D eigenvalue weighted by molar-refractivity contribution is 5.86. The lowest BCUT2D eigenvalue weighted by Crippen LogP contribution is -2.48.